The summed E-state index contributed by atoms with van der Waals surface area (Å²) in [6.45, 7) is 7.08. The predicted octanol–water partition coefficient (Wildman–Crippen LogP) is 0.311. The van der Waals surface area contributed by atoms with Gasteiger partial charge in [0.05, 0.1) is 0 Å². The van der Waals surface area contributed by atoms with E-state index in [0.717, 1.165) is 26.1 Å². The SMILES string of the molecule is C=CCNC1(C(=O)O)CCN2CCC1C2. The maximum atomic E-state index is 11.5. The van der Waals surface area contributed by atoms with Crippen LogP contribution >= 0.6 is 0 Å². The Labute approximate surface area is 90.0 Å². The van der Waals surface area contributed by atoms with Gasteiger partial charge in [0.25, 0.3) is 0 Å². The molecule has 4 nitrogen and oxygen atoms in total. The summed E-state index contributed by atoms with van der Waals surface area (Å²) < 4.78 is 0. The molecule has 2 fully saturated rings. The first kappa shape index (κ1) is 10.6. The number of nitrogens with one attached hydrogen (secondary N) is 1. The van der Waals surface area contributed by atoms with Crippen molar-refractivity contribution < 1.29 is 9.90 Å². The van der Waals surface area contributed by atoms with Gasteiger partial charge in [-0.15, -0.1) is 6.58 Å². The Hall–Kier alpha value is -0.870. The molecule has 0 aromatic carbocycles. The van der Waals surface area contributed by atoms with Gasteiger partial charge in [-0.05, 0) is 19.4 Å². The summed E-state index contributed by atoms with van der Waals surface area (Å²) in [6, 6.07) is 0. The van der Waals surface area contributed by atoms with Crippen LogP contribution in [0.4, 0.5) is 0 Å². The number of carboxylic acids is 1. The Kier molecular flexibility index (Phi) is 2.80. The molecule has 84 valence electrons. The number of rotatable bonds is 4. The lowest BCUT2D eigenvalue weighted by Gasteiger charge is -2.40. The highest BCUT2D eigenvalue weighted by Gasteiger charge is 2.50. The van der Waals surface area contributed by atoms with E-state index in [9.17, 15) is 9.90 Å². The Morgan fingerprint density at radius 1 is 1.67 bits per heavy atom. The zero-order valence-corrected chi connectivity index (χ0v) is 8.91. The van der Waals surface area contributed by atoms with Crippen LogP contribution in [0.5, 0.6) is 0 Å². The number of hydrogen-bond acceptors (Lipinski definition) is 3. The largest absolute Gasteiger partial charge is 0.480 e. The fourth-order valence-electron chi connectivity index (χ4n) is 2.82. The first-order valence-corrected chi connectivity index (χ1v) is 5.51. The number of aliphatic carboxylic acids is 1. The second-order valence-electron chi connectivity index (χ2n) is 4.48. The molecule has 3 atom stereocenters. The quantitative estimate of drug-likeness (QED) is 0.656. The van der Waals surface area contributed by atoms with Gasteiger partial charge in [0.15, 0.2) is 0 Å². The van der Waals surface area contributed by atoms with Gasteiger partial charge in [-0.3, -0.25) is 10.1 Å². The number of piperidine rings is 1. The van der Waals surface area contributed by atoms with E-state index in [1.165, 1.54) is 0 Å². The van der Waals surface area contributed by atoms with Gasteiger partial charge in [0, 0.05) is 25.6 Å². The van der Waals surface area contributed by atoms with E-state index in [1.807, 2.05) is 0 Å². The normalized spacial score (nSPS) is 38.9. The third-order valence-corrected chi connectivity index (χ3v) is 3.74. The van der Waals surface area contributed by atoms with Crippen molar-refractivity contribution in [3.05, 3.63) is 12.7 Å². The van der Waals surface area contributed by atoms with E-state index in [4.69, 9.17) is 0 Å². The van der Waals surface area contributed by atoms with Crippen molar-refractivity contribution in [3.8, 4) is 0 Å². The van der Waals surface area contributed by atoms with Crippen molar-refractivity contribution in [1.82, 2.24) is 10.2 Å². The molecule has 0 radical (unpaired) electrons. The Morgan fingerprint density at radius 3 is 3.13 bits per heavy atom. The van der Waals surface area contributed by atoms with E-state index in [0.29, 0.717) is 13.0 Å². The van der Waals surface area contributed by atoms with Crippen molar-refractivity contribution in [3.63, 3.8) is 0 Å². The monoisotopic (exact) mass is 210 g/mol. The van der Waals surface area contributed by atoms with Crippen LogP contribution in [0.15, 0.2) is 12.7 Å². The summed E-state index contributed by atoms with van der Waals surface area (Å²) in [7, 11) is 0. The maximum Gasteiger partial charge on any atom is 0.324 e. The van der Waals surface area contributed by atoms with Crippen LogP contribution in [-0.4, -0.2) is 47.7 Å². The van der Waals surface area contributed by atoms with Gasteiger partial charge < -0.3 is 10.0 Å². The van der Waals surface area contributed by atoms with Crippen LogP contribution in [0.3, 0.4) is 0 Å². The zero-order chi connectivity index (χ0) is 10.9. The molecule has 2 aliphatic rings. The average Bonchev–Trinajstić information content (AvgIpc) is 2.62. The Bertz CT molecular complexity index is 280. The zero-order valence-electron chi connectivity index (χ0n) is 8.91. The molecule has 2 bridgehead atoms. The van der Waals surface area contributed by atoms with Crippen molar-refractivity contribution >= 4 is 5.97 Å². The molecule has 0 aromatic rings. The maximum absolute atomic E-state index is 11.5. The number of nitrogens with zero attached hydrogens (tertiary/aromatic N) is 1. The van der Waals surface area contributed by atoms with Gasteiger partial charge in [-0.1, -0.05) is 6.08 Å². The molecule has 15 heavy (non-hydrogen) atoms. The molecule has 3 unspecified atom stereocenters. The van der Waals surface area contributed by atoms with Gasteiger partial charge in [0.1, 0.15) is 5.54 Å². The molecule has 2 saturated heterocycles. The van der Waals surface area contributed by atoms with Crippen LogP contribution in [0.2, 0.25) is 0 Å². The number of fused-ring (bicyclic) bond motifs is 2. The minimum Gasteiger partial charge on any atom is -0.480 e. The third kappa shape index (κ3) is 1.68. The molecule has 0 aromatic heterocycles. The molecule has 0 spiro atoms. The van der Waals surface area contributed by atoms with Crippen LogP contribution in [-0.2, 0) is 4.79 Å². The highest BCUT2D eigenvalue weighted by Crippen LogP contribution is 2.35. The molecule has 2 N–H and O–H groups in total. The summed E-state index contributed by atoms with van der Waals surface area (Å²) in [6.07, 6.45) is 3.43. The summed E-state index contributed by atoms with van der Waals surface area (Å²) in [5, 5.41) is 12.6. The topological polar surface area (TPSA) is 52.6 Å². The van der Waals surface area contributed by atoms with Crippen LogP contribution < -0.4 is 5.32 Å². The van der Waals surface area contributed by atoms with Gasteiger partial charge >= 0.3 is 5.97 Å². The second kappa shape index (κ2) is 3.94. The summed E-state index contributed by atoms with van der Waals surface area (Å²) in [5.41, 5.74) is -0.707. The van der Waals surface area contributed by atoms with Crippen LogP contribution in [0.25, 0.3) is 0 Å². The standard InChI is InChI=1S/C11H18N2O2/c1-2-5-12-11(10(14)15)4-7-13-6-3-9(11)8-13/h2,9,12H,1,3-8H2,(H,14,15). The van der Waals surface area contributed by atoms with E-state index in [1.54, 1.807) is 6.08 Å². The summed E-state index contributed by atoms with van der Waals surface area (Å²) >= 11 is 0. The van der Waals surface area contributed by atoms with Crippen LogP contribution in [0.1, 0.15) is 12.8 Å². The molecule has 0 saturated carbocycles. The molecule has 2 rings (SSSR count). The molecule has 0 aliphatic carbocycles. The second-order valence-corrected chi connectivity index (χ2v) is 4.48. The smallest absolute Gasteiger partial charge is 0.324 e. The fraction of sp³-hybridized carbons (Fsp3) is 0.727. The van der Waals surface area contributed by atoms with Crippen molar-refractivity contribution in [1.29, 1.82) is 0 Å². The van der Waals surface area contributed by atoms with E-state index in [-0.39, 0.29) is 5.92 Å². The van der Waals surface area contributed by atoms with E-state index in [2.05, 4.69) is 16.8 Å². The summed E-state index contributed by atoms with van der Waals surface area (Å²) in [4.78, 5) is 13.8. The van der Waals surface area contributed by atoms with E-state index < -0.39 is 11.5 Å². The van der Waals surface area contributed by atoms with Gasteiger partial charge in [0.2, 0.25) is 0 Å². The first-order valence-electron chi connectivity index (χ1n) is 5.51. The van der Waals surface area contributed by atoms with E-state index >= 15 is 0 Å². The predicted molar refractivity (Wildman–Crippen MR) is 57.7 cm³/mol. The lowest BCUT2D eigenvalue weighted by Crippen LogP contribution is -2.61. The molecule has 2 aliphatic heterocycles. The summed E-state index contributed by atoms with van der Waals surface area (Å²) in [5.74, 6) is -0.445. The average molecular weight is 210 g/mol. The Balaban J connectivity index is 2.17. The highest BCUT2D eigenvalue weighted by atomic mass is 16.4. The van der Waals surface area contributed by atoms with Gasteiger partial charge in [-0.25, -0.2) is 0 Å². The number of hydrogen-bond donors (Lipinski definition) is 2. The first-order chi connectivity index (χ1) is 7.19. The molecular weight excluding hydrogens is 192 g/mol. The van der Waals surface area contributed by atoms with Crippen molar-refractivity contribution in [2.24, 2.45) is 5.92 Å². The highest BCUT2D eigenvalue weighted by molar-refractivity contribution is 5.79. The van der Waals surface area contributed by atoms with Gasteiger partial charge in [-0.2, -0.15) is 0 Å². The molecule has 4 heteroatoms. The number of carboxylic acid groups (broad SMARTS) is 1. The molecular formula is C11H18N2O2. The van der Waals surface area contributed by atoms with Crippen LogP contribution in [0, 0.1) is 5.92 Å². The van der Waals surface area contributed by atoms with Crippen molar-refractivity contribution in [2.45, 2.75) is 18.4 Å². The Morgan fingerprint density at radius 2 is 2.47 bits per heavy atom. The fourth-order valence-corrected chi connectivity index (χ4v) is 2.82. The minimum absolute atomic E-state index is 0.253. The minimum atomic E-state index is -0.707. The third-order valence-electron chi connectivity index (χ3n) is 3.74. The molecule has 0 amide bonds. The number of carbonyl (C=O) groups is 1. The lowest BCUT2D eigenvalue weighted by molar-refractivity contribution is -0.148. The molecule has 2 heterocycles. The lowest BCUT2D eigenvalue weighted by atomic mass is 9.78. The van der Waals surface area contributed by atoms with Crippen molar-refractivity contribution in [2.75, 3.05) is 26.2 Å².